The topological polar surface area (TPSA) is 58.2 Å². The molecule has 1 unspecified atom stereocenters. The standard InChI is InChI=1S/C11H9F17N2O2S.HI/c1-2-3-29-30-33(31,32)9(22,8(20,21)11(26,27)28)6(16,17)4(12,13)5(14,15)7(18,19)10(23,24)25;/h29-30H,2-3H2,1H3;1H. The number of halogens is 18. The Morgan fingerprint density at radius 1 is 0.559 bits per heavy atom. The lowest BCUT2D eigenvalue weighted by atomic mass is 9.92. The fraction of sp³-hybridized carbons (Fsp3) is 1.00. The summed E-state index contributed by atoms with van der Waals surface area (Å²) in [6.07, 6.45) is -16.2. The Kier molecular flexibility index (Phi) is 10.1. The third kappa shape index (κ3) is 4.85. The largest absolute Gasteiger partial charge is 0.460 e. The molecule has 0 radical (unpaired) electrons. The van der Waals surface area contributed by atoms with Crippen molar-refractivity contribution in [2.24, 2.45) is 0 Å². The van der Waals surface area contributed by atoms with Crippen molar-refractivity contribution in [1.29, 1.82) is 0 Å². The van der Waals surface area contributed by atoms with Crippen LogP contribution in [0.1, 0.15) is 13.3 Å². The van der Waals surface area contributed by atoms with E-state index in [4.69, 9.17) is 0 Å². The summed E-state index contributed by atoms with van der Waals surface area (Å²) in [4.78, 5) is -0.0234. The van der Waals surface area contributed by atoms with Crippen molar-refractivity contribution in [3.8, 4) is 0 Å². The molecule has 0 aliphatic rings. The van der Waals surface area contributed by atoms with E-state index in [9.17, 15) is 83.1 Å². The summed E-state index contributed by atoms with van der Waals surface area (Å²) in [6, 6.07) is 0. The molecule has 0 spiro atoms. The maximum absolute atomic E-state index is 14.5. The van der Waals surface area contributed by atoms with Crippen LogP contribution in [0.25, 0.3) is 0 Å². The van der Waals surface area contributed by atoms with Crippen LogP contribution in [0.3, 0.4) is 0 Å². The zero-order chi connectivity index (χ0) is 27.3. The maximum Gasteiger partial charge on any atom is 0.460 e. The highest BCUT2D eigenvalue weighted by molar-refractivity contribution is 14.0. The lowest BCUT2D eigenvalue weighted by molar-refractivity contribution is -0.441. The molecule has 0 aliphatic heterocycles. The van der Waals surface area contributed by atoms with Gasteiger partial charge in [-0.25, -0.2) is 18.2 Å². The van der Waals surface area contributed by atoms with Crippen molar-refractivity contribution in [3.05, 3.63) is 0 Å². The average molecular weight is 684 g/mol. The number of sulfonamides is 1. The van der Waals surface area contributed by atoms with Gasteiger partial charge in [-0.2, -0.15) is 70.2 Å². The predicted molar refractivity (Wildman–Crippen MR) is 86.4 cm³/mol. The molecule has 1 atom stereocenters. The predicted octanol–water partition coefficient (Wildman–Crippen LogP) is 5.41. The molecule has 23 heteroatoms. The normalized spacial score (nSPS) is 17.2. The van der Waals surface area contributed by atoms with Gasteiger partial charge in [-0.05, 0) is 6.42 Å². The summed E-state index contributed by atoms with van der Waals surface area (Å²) in [7, 11) is -8.00. The molecule has 2 N–H and O–H groups in total. The Hall–Kier alpha value is -0.590. The smallest absolute Gasteiger partial charge is 0.244 e. The lowest BCUT2D eigenvalue weighted by Crippen LogP contribution is -2.78. The minimum absolute atomic E-state index is 0. The third-order valence-electron chi connectivity index (χ3n) is 3.65. The Bertz CT molecular complexity index is 809. The first kappa shape index (κ1) is 35.6. The fourth-order valence-corrected chi connectivity index (χ4v) is 3.18. The van der Waals surface area contributed by atoms with Gasteiger partial charge in [0.25, 0.3) is 10.0 Å². The highest BCUT2D eigenvalue weighted by Gasteiger charge is 2.97. The second kappa shape index (κ2) is 9.70. The summed E-state index contributed by atoms with van der Waals surface area (Å²) in [5.74, 6) is -43.0. The fourth-order valence-electron chi connectivity index (χ4n) is 1.83. The number of hydrazine groups is 1. The molecule has 0 aromatic carbocycles. The van der Waals surface area contributed by atoms with E-state index in [1.807, 2.05) is 0 Å². The van der Waals surface area contributed by atoms with Crippen LogP contribution in [0.4, 0.5) is 74.6 Å². The lowest BCUT2D eigenvalue weighted by Gasteiger charge is -2.44. The number of rotatable bonds is 10. The van der Waals surface area contributed by atoms with E-state index in [1.54, 1.807) is 0 Å². The molecule has 0 aromatic heterocycles. The Labute approximate surface area is 194 Å². The molecule has 0 heterocycles. The van der Waals surface area contributed by atoms with Crippen LogP contribution < -0.4 is 10.3 Å². The van der Waals surface area contributed by atoms with Gasteiger partial charge in [-0.1, -0.05) is 6.92 Å². The summed E-state index contributed by atoms with van der Waals surface area (Å²) >= 11 is 0. The quantitative estimate of drug-likeness (QED) is 0.140. The molecule has 0 aromatic rings. The third-order valence-corrected chi connectivity index (χ3v) is 5.32. The zero-order valence-corrected chi connectivity index (χ0v) is 18.6. The summed E-state index contributed by atoms with van der Waals surface area (Å²) in [5.41, 5.74) is 0.949. The summed E-state index contributed by atoms with van der Waals surface area (Å²) in [5, 5.41) is -8.32. The molecule has 0 fully saturated rings. The van der Waals surface area contributed by atoms with Crippen LogP contribution in [-0.2, 0) is 10.0 Å². The van der Waals surface area contributed by atoms with Crippen molar-refractivity contribution < 1.29 is 83.1 Å². The van der Waals surface area contributed by atoms with E-state index in [0.717, 1.165) is 12.3 Å². The molecule has 4 nitrogen and oxygen atoms in total. The summed E-state index contributed by atoms with van der Waals surface area (Å²) in [6.45, 7) is 0.105. The molecule has 0 bridgehead atoms. The number of hydrogen-bond acceptors (Lipinski definition) is 3. The van der Waals surface area contributed by atoms with Crippen molar-refractivity contribution in [1.82, 2.24) is 10.3 Å². The minimum atomic E-state index is -8.85. The SMILES string of the molecule is CCCNNS(=O)(=O)C(F)(C(F)(F)C(F)(F)F)C(F)(F)C(F)(F)C(F)(F)C(F)(F)C(F)(F)F.I. The molecular formula is C11H10F17IN2O2S. The Morgan fingerprint density at radius 3 is 1.18 bits per heavy atom. The highest BCUT2D eigenvalue weighted by atomic mass is 127. The average Bonchev–Trinajstić information content (AvgIpc) is 2.58. The van der Waals surface area contributed by atoms with Gasteiger partial charge < -0.3 is 0 Å². The molecule has 0 saturated carbocycles. The van der Waals surface area contributed by atoms with Crippen LogP contribution in [0, 0.1) is 0 Å². The van der Waals surface area contributed by atoms with Crippen molar-refractivity contribution in [2.75, 3.05) is 6.54 Å². The summed E-state index contributed by atoms with van der Waals surface area (Å²) < 4.78 is 245. The van der Waals surface area contributed by atoms with Gasteiger partial charge in [0.1, 0.15) is 0 Å². The molecular weight excluding hydrogens is 674 g/mol. The number of hydrogen-bond donors (Lipinski definition) is 2. The van der Waals surface area contributed by atoms with Crippen LogP contribution >= 0.6 is 24.0 Å². The van der Waals surface area contributed by atoms with Crippen molar-refractivity contribution in [2.45, 2.75) is 60.3 Å². The van der Waals surface area contributed by atoms with E-state index >= 15 is 0 Å². The van der Waals surface area contributed by atoms with Gasteiger partial charge in [0.15, 0.2) is 0 Å². The van der Waals surface area contributed by atoms with E-state index < -0.39 is 63.5 Å². The molecule has 34 heavy (non-hydrogen) atoms. The van der Waals surface area contributed by atoms with Crippen LogP contribution in [0.2, 0.25) is 0 Å². The first-order valence-corrected chi connectivity index (χ1v) is 9.00. The maximum atomic E-state index is 14.5. The van der Waals surface area contributed by atoms with Crippen LogP contribution in [0.15, 0.2) is 0 Å². The van der Waals surface area contributed by atoms with E-state index in [-0.39, 0.29) is 35.2 Å². The zero-order valence-electron chi connectivity index (χ0n) is 15.5. The Morgan fingerprint density at radius 2 is 0.882 bits per heavy atom. The number of alkyl halides is 17. The van der Waals surface area contributed by atoms with Crippen molar-refractivity contribution in [3.63, 3.8) is 0 Å². The molecule has 0 saturated heterocycles. The Balaban J connectivity index is 0. The first-order chi connectivity index (χ1) is 14.1. The van der Waals surface area contributed by atoms with Crippen LogP contribution in [-0.4, -0.2) is 61.9 Å². The van der Waals surface area contributed by atoms with Gasteiger partial charge in [0.05, 0.1) is 0 Å². The van der Waals surface area contributed by atoms with Gasteiger partial charge in [-0.15, -0.1) is 28.8 Å². The van der Waals surface area contributed by atoms with Crippen LogP contribution in [0.5, 0.6) is 0 Å². The van der Waals surface area contributed by atoms with Crippen molar-refractivity contribution >= 4 is 34.0 Å². The second-order valence-corrected chi connectivity index (χ2v) is 7.77. The van der Waals surface area contributed by atoms with E-state index in [1.165, 1.54) is 0 Å². The van der Waals surface area contributed by atoms with Gasteiger partial charge in [-0.3, -0.25) is 0 Å². The molecule has 0 rings (SSSR count). The molecule has 0 aliphatic carbocycles. The molecule has 208 valence electrons. The second-order valence-electron chi connectivity index (χ2n) is 6.00. The first-order valence-electron chi connectivity index (χ1n) is 7.51. The van der Waals surface area contributed by atoms with E-state index in [2.05, 4.69) is 0 Å². The minimum Gasteiger partial charge on any atom is -0.244 e. The number of nitrogens with one attached hydrogen (secondary N) is 2. The molecule has 0 amide bonds. The van der Waals surface area contributed by atoms with E-state index in [0.29, 0.717) is 0 Å². The highest BCUT2D eigenvalue weighted by Crippen LogP contribution is 2.64. The van der Waals surface area contributed by atoms with Gasteiger partial charge in [0.2, 0.25) is 0 Å². The monoisotopic (exact) mass is 684 g/mol. The van der Waals surface area contributed by atoms with Gasteiger partial charge in [0, 0.05) is 6.54 Å². The van der Waals surface area contributed by atoms with Gasteiger partial charge >= 0.3 is 47.0 Å².